The Balaban J connectivity index is 2.17. The molecule has 0 radical (unpaired) electrons. The van der Waals surface area contributed by atoms with E-state index < -0.39 is 0 Å². The van der Waals surface area contributed by atoms with Crippen molar-refractivity contribution in [2.75, 3.05) is 0 Å². The Morgan fingerprint density at radius 2 is 1.93 bits per heavy atom. The summed E-state index contributed by atoms with van der Waals surface area (Å²) >= 11 is 1.43. The van der Waals surface area contributed by atoms with Gasteiger partial charge in [-0.1, -0.05) is 0 Å². The van der Waals surface area contributed by atoms with Gasteiger partial charge in [-0.05, 0) is 35.5 Å². The van der Waals surface area contributed by atoms with Crippen LogP contribution >= 0.6 is 11.8 Å². The van der Waals surface area contributed by atoms with Crippen LogP contribution in [0.25, 0.3) is 0 Å². The highest BCUT2D eigenvalue weighted by Crippen LogP contribution is 2.21. The fraction of sp³-hybridized carbons (Fsp3) is 0.100. The Morgan fingerprint density at radius 3 is 2.67 bits per heavy atom. The zero-order valence-corrected chi connectivity index (χ0v) is 8.81. The number of pyridine rings is 1. The first kappa shape index (κ1) is 10.1. The second-order valence-electron chi connectivity index (χ2n) is 2.84. The second-order valence-corrected chi connectivity index (χ2v) is 3.83. The number of nitrogens with zero attached hydrogens (tertiary/aromatic N) is 3. The average Bonchev–Trinajstić information content (AvgIpc) is 2.31. The van der Waals surface area contributed by atoms with E-state index in [0.717, 1.165) is 10.6 Å². The molecule has 0 saturated carbocycles. The second kappa shape index (κ2) is 4.86. The van der Waals surface area contributed by atoms with Crippen LogP contribution in [0.4, 0.5) is 0 Å². The Morgan fingerprint density at radius 1 is 1.13 bits per heavy atom. The SMILES string of the molecule is NCc1ccnc(Sc2ncccn2)c1. The summed E-state index contributed by atoms with van der Waals surface area (Å²) in [5.41, 5.74) is 6.60. The molecule has 0 aromatic carbocycles. The van der Waals surface area contributed by atoms with Crippen molar-refractivity contribution in [1.82, 2.24) is 15.0 Å². The predicted octanol–water partition coefficient (Wildman–Crippen LogP) is 1.48. The summed E-state index contributed by atoms with van der Waals surface area (Å²) in [6, 6.07) is 5.63. The van der Waals surface area contributed by atoms with Crippen LogP contribution in [0, 0.1) is 0 Å². The quantitative estimate of drug-likeness (QED) is 0.790. The van der Waals surface area contributed by atoms with Gasteiger partial charge >= 0.3 is 0 Å². The fourth-order valence-electron chi connectivity index (χ4n) is 1.06. The molecule has 0 saturated heterocycles. The van der Waals surface area contributed by atoms with Crippen molar-refractivity contribution < 1.29 is 0 Å². The van der Waals surface area contributed by atoms with Crippen molar-refractivity contribution in [3.8, 4) is 0 Å². The molecule has 0 fully saturated rings. The van der Waals surface area contributed by atoms with Gasteiger partial charge in [-0.2, -0.15) is 0 Å². The van der Waals surface area contributed by atoms with Gasteiger partial charge in [-0.3, -0.25) is 0 Å². The van der Waals surface area contributed by atoms with Gasteiger partial charge in [0.05, 0.1) is 0 Å². The Bertz CT molecular complexity index is 432. The van der Waals surface area contributed by atoms with E-state index in [1.807, 2.05) is 12.1 Å². The van der Waals surface area contributed by atoms with E-state index in [0.29, 0.717) is 11.7 Å². The highest BCUT2D eigenvalue weighted by molar-refractivity contribution is 7.99. The molecule has 0 spiro atoms. The van der Waals surface area contributed by atoms with Gasteiger partial charge in [-0.25, -0.2) is 15.0 Å². The number of rotatable bonds is 3. The van der Waals surface area contributed by atoms with E-state index in [1.165, 1.54) is 11.8 Å². The number of hydrogen-bond donors (Lipinski definition) is 1. The first-order valence-corrected chi connectivity index (χ1v) is 5.30. The molecule has 0 aliphatic carbocycles. The molecule has 5 heteroatoms. The Labute approximate surface area is 92.0 Å². The van der Waals surface area contributed by atoms with Crippen LogP contribution in [0.2, 0.25) is 0 Å². The average molecular weight is 218 g/mol. The van der Waals surface area contributed by atoms with Crippen LogP contribution < -0.4 is 5.73 Å². The van der Waals surface area contributed by atoms with Gasteiger partial charge in [0.15, 0.2) is 5.16 Å². The molecular weight excluding hydrogens is 208 g/mol. The van der Waals surface area contributed by atoms with Crippen molar-refractivity contribution in [3.63, 3.8) is 0 Å². The fourth-order valence-corrected chi connectivity index (χ4v) is 1.80. The molecule has 76 valence electrons. The monoisotopic (exact) mass is 218 g/mol. The molecule has 2 N–H and O–H groups in total. The molecule has 2 heterocycles. The van der Waals surface area contributed by atoms with E-state index in [1.54, 1.807) is 24.7 Å². The van der Waals surface area contributed by atoms with Crippen molar-refractivity contribution in [2.45, 2.75) is 16.7 Å². The molecule has 4 nitrogen and oxygen atoms in total. The zero-order chi connectivity index (χ0) is 10.5. The van der Waals surface area contributed by atoms with E-state index in [9.17, 15) is 0 Å². The van der Waals surface area contributed by atoms with E-state index in [2.05, 4.69) is 15.0 Å². The molecule has 2 aromatic heterocycles. The van der Waals surface area contributed by atoms with Crippen LogP contribution in [-0.4, -0.2) is 15.0 Å². The summed E-state index contributed by atoms with van der Waals surface area (Å²) in [6.45, 7) is 0.520. The lowest BCUT2D eigenvalue weighted by Crippen LogP contribution is -1.96. The smallest absolute Gasteiger partial charge is 0.193 e. The maximum Gasteiger partial charge on any atom is 0.193 e. The van der Waals surface area contributed by atoms with Crippen LogP contribution in [0.3, 0.4) is 0 Å². The molecule has 0 atom stereocenters. The van der Waals surface area contributed by atoms with Crippen LogP contribution in [0.5, 0.6) is 0 Å². The normalized spacial score (nSPS) is 10.2. The first-order valence-electron chi connectivity index (χ1n) is 4.48. The topological polar surface area (TPSA) is 64.7 Å². The molecule has 0 amide bonds. The van der Waals surface area contributed by atoms with E-state index in [4.69, 9.17) is 5.73 Å². The Kier molecular flexibility index (Phi) is 3.26. The van der Waals surface area contributed by atoms with Gasteiger partial charge in [0.1, 0.15) is 5.03 Å². The van der Waals surface area contributed by atoms with Gasteiger partial charge in [0.25, 0.3) is 0 Å². The molecule has 0 unspecified atom stereocenters. The molecule has 0 bridgehead atoms. The summed E-state index contributed by atoms with van der Waals surface area (Å²) in [7, 11) is 0. The minimum absolute atomic E-state index is 0.520. The van der Waals surface area contributed by atoms with Gasteiger partial charge in [0, 0.05) is 25.1 Å². The summed E-state index contributed by atoms with van der Waals surface area (Å²) in [5, 5.41) is 1.56. The summed E-state index contributed by atoms with van der Waals surface area (Å²) in [4.78, 5) is 12.4. The highest BCUT2D eigenvalue weighted by atomic mass is 32.2. The summed E-state index contributed by atoms with van der Waals surface area (Å²) in [5.74, 6) is 0. The molecule has 15 heavy (non-hydrogen) atoms. The van der Waals surface area contributed by atoms with Crippen molar-refractivity contribution in [3.05, 3.63) is 42.4 Å². The number of aromatic nitrogens is 3. The third kappa shape index (κ3) is 2.74. The minimum Gasteiger partial charge on any atom is -0.326 e. The van der Waals surface area contributed by atoms with Gasteiger partial charge < -0.3 is 5.73 Å². The number of hydrogen-bond acceptors (Lipinski definition) is 5. The molecule has 0 aliphatic rings. The zero-order valence-electron chi connectivity index (χ0n) is 8.00. The van der Waals surface area contributed by atoms with Gasteiger partial charge in [0.2, 0.25) is 0 Å². The summed E-state index contributed by atoms with van der Waals surface area (Å²) < 4.78 is 0. The lowest BCUT2D eigenvalue weighted by molar-refractivity contribution is 0.955. The molecule has 2 aromatic rings. The standard InChI is InChI=1S/C10H10N4S/c11-7-8-2-5-12-9(6-8)15-10-13-3-1-4-14-10/h1-6H,7,11H2. The maximum absolute atomic E-state index is 5.54. The Hall–Kier alpha value is -1.46. The predicted molar refractivity (Wildman–Crippen MR) is 58.3 cm³/mol. The third-order valence-electron chi connectivity index (χ3n) is 1.77. The molecular formula is C10H10N4S. The highest BCUT2D eigenvalue weighted by Gasteiger charge is 2.01. The van der Waals surface area contributed by atoms with Crippen LogP contribution in [-0.2, 0) is 6.54 Å². The lowest BCUT2D eigenvalue weighted by Gasteiger charge is -2.00. The van der Waals surface area contributed by atoms with Crippen molar-refractivity contribution >= 4 is 11.8 Å². The van der Waals surface area contributed by atoms with Crippen LogP contribution in [0.15, 0.2) is 47.0 Å². The van der Waals surface area contributed by atoms with Crippen molar-refractivity contribution in [2.24, 2.45) is 5.73 Å². The maximum atomic E-state index is 5.54. The molecule has 2 rings (SSSR count). The summed E-state index contributed by atoms with van der Waals surface area (Å²) in [6.07, 6.45) is 5.16. The largest absolute Gasteiger partial charge is 0.326 e. The third-order valence-corrected chi connectivity index (χ3v) is 2.60. The van der Waals surface area contributed by atoms with Crippen LogP contribution in [0.1, 0.15) is 5.56 Å². The van der Waals surface area contributed by atoms with E-state index >= 15 is 0 Å². The minimum atomic E-state index is 0.520. The molecule has 0 aliphatic heterocycles. The first-order chi connectivity index (χ1) is 7.38. The number of nitrogens with two attached hydrogens (primary N) is 1. The van der Waals surface area contributed by atoms with E-state index in [-0.39, 0.29) is 0 Å². The lowest BCUT2D eigenvalue weighted by atomic mass is 10.3. The van der Waals surface area contributed by atoms with Gasteiger partial charge in [-0.15, -0.1) is 0 Å². The van der Waals surface area contributed by atoms with Crippen molar-refractivity contribution in [1.29, 1.82) is 0 Å².